The molecule has 1 aromatic carbocycles. The van der Waals surface area contributed by atoms with Crippen molar-refractivity contribution in [1.29, 1.82) is 5.26 Å². The number of nitriles is 1. The molecule has 2 atom stereocenters. The Morgan fingerprint density at radius 3 is 2.60 bits per heavy atom. The first kappa shape index (κ1) is 23.4. The van der Waals surface area contributed by atoms with E-state index in [2.05, 4.69) is 22.0 Å². The van der Waals surface area contributed by atoms with Crippen LogP contribution in [0.15, 0.2) is 29.3 Å². The molecule has 2 amide bonds. The van der Waals surface area contributed by atoms with Gasteiger partial charge in [-0.25, -0.2) is 0 Å². The summed E-state index contributed by atoms with van der Waals surface area (Å²) in [7, 11) is 1.30. The molecular formula is C21H26N4O4S. The second kappa shape index (κ2) is 11.4. The number of esters is 1. The van der Waals surface area contributed by atoms with Crippen LogP contribution in [0.25, 0.3) is 0 Å². The Morgan fingerprint density at radius 1 is 1.30 bits per heavy atom. The van der Waals surface area contributed by atoms with Crippen LogP contribution in [0, 0.1) is 11.3 Å². The van der Waals surface area contributed by atoms with Gasteiger partial charge < -0.3 is 15.0 Å². The lowest BCUT2D eigenvalue weighted by Gasteiger charge is -2.24. The van der Waals surface area contributed by atoms with Gasteiger partial charge in [0.25, 0.3) is 5.91 Å². The molecule has 1 saturated heterocycles. The number of ether oxygens (including phenoxy) is 1. The molecule has 1 aromatic rings. The smallest absolute Gasteiger partial charge is 0.307 e. The second-order valence-corrected chi connectivity index (χ2v) is 7.94. The standard InChI is InChI=1S/C21H26N4O4S/c1-4-5-12-25-14(2)18(20(28)23-11-10-17(26)29-3)30-21(25)24-19(27)16-8-6-15(13-22)7-9-16/h6-9,14,18H,4-5,10-12H2,1-3H3,(H,23,28). The molecule has 30 heavy (non-hydrogen) atoms. The van der Waals surface area contributed by atoms with Crippen molar-refractivity contribution in [1.82, 2.24) is 10.2 Å². The Labute approximate surface area is 180 Å². The minimum absolute atomic E-state index is 0.103. The van der Waals surface area contributed by atoms with Crippen molar-refractivity contribution < 1.29 is 19.1 Å². The van der Waals surface area contributed by atoms with Gasteiger partial charge in [0.1, 0.15) is 5.25 Å². The van der Waals surface area contributed by atoms with Gasteiger partial charge in [-0.05, 0) is 37.6 Å². The highest BCUT2D eigenvalue weighted by Crippen LogP contribution is 2.32. The highest BCUT2D eigenvalue weighted by atomic mass is 32.2. The molecule has 1 heterocycles. The first-order valence-electron chi connectivity index (χ1n) is 9.82. The van der Waals surface area contributed by atoms with Crippen LogP contribution in [0.3, 0.4) is 0 Å². The Bertz CT molecular complexity index is 848. The molecule has 8 nitrogen and oxygen atoms in total. The van der Waals surface area contributed by atoms with Crippen LogP contribution in [0.2, 0.25) is 0 Å². The number of carbonyl (C=O) groups excluding carboxylic acids is 3. The van der Waals surface area contributed by atoms with Crippen LogP contribution in [-0.4, -0.2) is 59.3 Å². The summed E-state index contributed by atoms with van der Waals surface area (Å²) in [6.07, 6.45) is 1.98. The van der Waals surface area contributed by atoms with Crippen molar-refractivity contribution in [3.8, 4) is 6.07 Å². The third-order valence-corrected chi connectivity index (χ3v) is 6.13. The minimum atomic E-state index is -0.438. The molecule has 2 unspecified atom stereocenters. The summed E-state index contributed by atoms with van der Waals surface area (Å²) in [5.41, 5.74) is 0.854. The van der Waals surface area contributed by atoms with Gasteiger partial charge in [0, 0.05) is 24.7 Å². The molecule has 0 radical (unpaired) electrons. The number of methoxy groups -OCH3 is 1. The normalized spacial score (nSPS) is 19.4. The molecule has 1 N–H and O–H groups in total. The molecule has 0 spiro atoms. The van der Waals surface area contributed by atoms with E-state index in [0.717, 1.165) is 12.8 Å². The summed E-state index contributed by atoms with van der Waals surface area (Å²) < 4.78 is 4.58. The van der Waals surface area contributed by atoms with Gasteiger partial charge in [-0.1, -0.05) is 25.1 Å². The number of hydrogen-bond donors (Lipinski definition) is 1. The number of benzene rings is 1. The lowest BCUT2D eigenvalue weighted by molar-refractivity contribution is -0.140. The van der Waals surface area contributed by atoms with Crippen molar-refractivity contribution in [2.75, 3.05) is 20.2 Å². The molecule has 1 aliphatic heterocycles. The molecule has 1 aliphatic rings. The van der Waals surface area contributed by atoms with Crippen molar-refractivity contribution >= 4 is 34.7 Å². The fraction of sp³-hybridized carbons (Fsp3) is 0.476. The molecule has 2 rings (SSSR count). The van der Waals surface area contributed by atoms with Crippen molar-refractivity contribution in [2.24, 2.45) is 4.99 Å². The van der Waals surface area contributed by atoms with Gasteiger partial charge in [-0.3, -0.25) is 14.4 Å². The zero-order valence-electron chi connectivity index (χ0n) is 17.4. The third kappa shape index (κ3) is 6.07. The molecule has 0 aliphatic carbocycles. The third-order valence-electron chi connectivity index (χ3n) is 4.73. The highest BCUT2D eigenvalue weighted by Gasteiger charge is 2.40. The largest absolute Gasteiger partial charge is 0.469 e. The van der Waals surface area contributed by atoms with Crippen molar-refractivity contribution in [3.05, 3.63) is 35.4 Å². The predicted octanol–water partition coefficient (Wildman–Crippen LogP) is 2.34. The average molecular weight is 431 g/mol. The quantitative estimate of drug-likeness (QED) is 0.630. The van der Waals surface area contributed by atoms with E-state index >= 15 is 0 Å². The van der Waals surface area contributed by atoms with Crippen LogP contribution in [-0.2, 0) is 14.3 Å². The molecule has 1 fully saturated rings. The summed E-state index contributed by atoms with van der Waals surface area (Å²) in [4.78, 5) is 42.7. The van der Waals surface area contributed by atoms with E-state index in [9.17, 15) is 14.4 Å². The van der Waals surface area contributed by atoms with Gasteiger partial charge in [-0.2, -0.15) is 10.3 Å². The molecule has 0 aromatic heterocycles. The average Bonchev–Trinajstić information content (AvgIpc) is 3.06. The van der Waals surface area contributed by atoms with E-state index in [1.165, 1.54) is 18.9 Å². The monoisotopic (exact) mass is 430 g/mol. The summed E-state index contributed by atoms with van der Waals surface area (Å²) >= 11 is 1.26. The predicted molar refractivity (Wildman–Crippen MR) is 115 cm³/mol. The number of nitrogens with zero attached hydrogens (tertiary/aromatic N) is 3. The fourth-order valence-corrected chi connectivity index (χ4v) is 4.23. The molecule has 0 bridgehead atoms. The lowest BCUT2D eigenvalue weighted by Crippen LogP contribution is -2.43. The SMILES string of the molecule is CCCCN1C(=NC(=O)c2ccc(C#N)cc2)SC(C(=O)NCCC(=O)OC)C1C. The number of hydrogen-bond acceptors (Lipinski definition) is 6. The molecule has 9 heteroatoms. The maximum Gasteiger partial charge on any atom is 0.307 e. The summed E-state index contributed by atoms with van der Waals surface area (Å²) in [5, 5.41) is 11.7. The van der Waals surface area contributed by atoms with E-state index < -0.39 is 11.2 Å². The fourth-order valence-electron chi connectivity index (χ4n) is 2.94. The van der Waals surface area contributed by atoms with Gasteiger partial charge in [0.2, 0.25) is 5.91 Å². The van der Waals surface area contributed by atoms with Crippen LogP contribution < -0.4 is 5.32 Å². The first-order chi connectivity index (χ1) is 14.4. The first-order valence-corrected chi connectivity index (χ1v) is 10.7. The van der Waals surface area contributed by atoms with E-state index in [1.807, 2.05) is 17.9 Å². The van der Waals surface area contributed by atoms with E-state index in [0.29, 0.717) is 22.8 Å². The highest BCUT2D eigenvalue weighted by molar-refractivity contribution is 8.15. The number of rotatable bonds is 8. The van der Waals surface area contributed by atoms with Crippen LogP contribution in [0.4, 0.5) is 0 Å². The number of aliphatic imine (C=N–C) groups is 1. The maximum absolute atomic E-state index is 12.6. The van der Waals surface area contributed by atoms with Gasteiger partial charge >= 0.3 is 5.97 Å². The number of nitrogens with one attached hydrogen (secondary N) is 1. The maximum atomic E-state index is 12.6. The van der Waals surface area contributed by atoms with Gasteiger partial charge in [-0.15, -0.1) is 0 Å². The lowest BCUT2D eigenvalue weighted by atomic mass is 10.1. The Balaban J connectivity index is 2.14. The number of unbranched alkanes of at least 4 members (excludes halogenated alkanes) is 1. The van der Waals surface area contributed by atoms with Crippen molar-refractivity contribution in [3.63, 3.8) is 0 Å². The van der Waals surface area contributed by atoms with Gasteiger partial charge in [0.15, 0.2) is 5.17 Å². The zero-order valence-corrected chi connectivity index (χ0v) is 18.2. The Hall–Kier alpha value is -2.86. The van der Waals surface area contributed by atoms with Crippen molar-refractivity contribution in [2.45, 2.75) is 44.4 Å². The van der Waals surface area contributed by atoms with Crippen LogP contribution in [0.1, 0.15) is 49.0 Å². The number of carbonyl (C=O) groups is 3. The van der Waals surface area contributed by atoms with E-state index in [4.69, 9.17) is 5.26 Å². The number of amidine groups is 1. The molecule has 0 saturated carbocycles. The second-order valence-electron chi connectivity index (χ2n) is 6.83. The summed E-state index contributed by atoms with van der Waals surface area (Å²) in [6.45, 7) is 4.89. The van der Waals surface area contributed by atoms with E-state index in [1.54, 1.807) is 24.3 Å². The topological polar surface area (TPSA) is 112 Å². The molecular weight excluding hydrogens is 404 g/mol. The number of amides is 2. The van der Waals surface area contributed by atoms with E-state index in [-0.39, 0.29) is 30.9 Å². The molecule has 160 valence electrons. The van der Waals surface area contributed by atoms with Gasteiger partial charge in [0.05, 0.1) is 25.2 Å². The summed E-state index contributed by atoms with van der Waals surface area (Å²) in [6, 6.07) is 8.16. The Kier molecular flexibility index (Phi) is 8.87. The van der Waals surface area contributed by atoms with Crippen LogP contribution in [0.5, 0.6) is 0 Å². The van der Waals surface area contributed by atoms with Crippen LogP contribution >= 0.6 is 11.8 Å². The summed E-state index contributed by atoms with van der Waals surface area (Å²) in [5.74, 6) is -1.00. The minimum Gasteiger partial charge on any atom is -0.469 e. The Morgan fingerprint density at radius 2 is 2.00 bits per heavy atom. The zero-order chi connectivity index (χ0) is 22.1. The number of thioether (sulfide) groups is 1.